The van der Waals surface area contributed by atoms with Crippen LogP contribution < -0.4 is 5.32 Å². The van der Waals surface area contributed by atoms with Crippen molar-refractivity contribution in [3.8, 4) is 0 Å². The van der Waals surface area contributed by atoms with Gasteiger partial charge in [-0.2, -0.15) is 22.0 Å². The summed E-state index contributed by atoms with van der Waals surface area (Å²) in [6.45, 7) is 1.65. The predicted molar refractivity (Wildman–Crippen MR) is 155 cm³/mol. The quantitative estimate of drug-likeness (QED) is 0.327. The number of alkyl halides is 5. The van der Waals surface area contributed by atoms with Crippen LogP contribution in [-0.2, 0) is 11.3 Å². The summed E-state index contributed by atoms with van der Waals surface area (Å²) in [6, 6.07) is 13.7. The van der Waals surface area contributed by atoms with Crippen molar-refractivity contribution < 1.29 is 36.6 Å². The van der Waals surface area contributed by atoms with Gasteiger partial charge < -0.3 is 10.4 Å². The number of rotatable bonds is 5. The van der Waals surface area contributed by atoms with Gasteiger partial charge in [-0.15, -0.1) is 0 Å². The fourth-order valence-electron chi connectivity index (χ4n) is 8.51. The highest BCUT2D eigenvalue weighted by atomic mass is 35.5. The van der Waals surface area contributed by atoms with Crippen LogP contribution in [0.1, 0.15) is 79.3 Å². The lowest BCUT2D eigenvalue weighted by Gasteiger charge is -2.56. The van der Waals surface area contributed by atoms with E-state index >= 15 is 8.78 Å². The van der Waals surface area contributed by atoms with Crippen molar-refractivity contribution in [2.75, 3.05) is 0 Å². The smallest absolute Gasteiger partial charge is 0.383 e. The maximum absolute atomic E-state index is 15.2. The minimum absolute atomic E-state index is 0.0215. The third-order valence-electron chi connectivity index (χ3n) is 10.7. The van der Waals surface area contributed by atoms with Gasteiger partial charge in [0.05, 0.1) is 0 Å². The third-order valence-corrected chi connectivity index (χ3v) is 10.9. The van der Waals surface area contributed by atoms with Crippen LogP contribution in [0.15, 0.2) is 71.3 Å². The van der Waals surface area contributed by atoms with Crippen molar-refractivity contribution in [2.24, 2.45) is 17.3 Å². The van der Waals surface area contributed by atoms with Crippen molar-refractivity contribution in [1.82, 2.24) is 5.32 Å². The summed E-state index contributed by atoms with van der Waals surface area (Å²) >= 11 is 6.03. The first-order chi connectivity index (χ1) is 20.7. The maximum atomic E-state index is 15.2. The molecule has 0 radical (unpaired) electrons. The van der Waals surface area contributed by atoms with E-state index in [0.29, 0.717) is 41.8 Å². The second-order valence-corrected chi connectivity index (χ2v) is 13.3. The minimum atomic E-state index is -5.90. The van der Waals surface area contributed by atoms with E-state index in [4.69, 9.17) is 11.6 Å². The number of amides is 1. The first-order valence-electron chi connectivity index (χ1n) is 14.9. The van der Waals surface area contributed by atoms with Gasteiger partial charge in [0.1, 0.15) is 5.60 Å². The van der Waals surface area contributed by atoms with Gasteiger partial charge in [-0.25, -0.2) is 0 Å². The number of aliphatic hydroxyl groups is 1. The van der Waals surface area contributed by atoms with E-state index in [1.165, 1.54) is 6.92 Å². The zero-order valence-corrected chi connectivity index (χ0v) is 24.9. The minimum Gasteiger partial charge on any atom is -0.383 e. The molecule has 2 fully saturated rings. The molecule has 0 spiro atoms. The number of benzene rings is 2. The number of halogens is 6. The normalized spacial score (nSPS) is 30.3. The second-order valence-electron chi connectivity index (χ2n) is 12.9. The molecule has 4 nitrogen and oxygen atoms in total. The van der Waals surface area contributed by atoms with E-state index in [-0.39, 0.29) is 37.0 Å². The summed E-state index contributed by atoms with van der Waals surface area (Å²) < 4.78 is 71.7. The van der Waals surface area contributed by atoms with Gasteiger partial charge in [0, 0.05) is 34.9 Å². The molecule has 4 aliphatic rings. The van der Waals surface area contributed by atoms with Crippen LogP contribution in [0.2, 0.25) is 5.02 Å². The van der Waals surface area contributed by atoms with Gasteiger partial charge in [-0.05, 0) is 103 Å². The molecule has 0 bridgehead atoms. The van der Waals surface area contributed by atoms with Crippen LogP contribution in [0.4, 0.5) is 22.0 Å². The van der Waals surface area contributed by atoms with Gasteiger partial charge in [-0.3, -0.25) is 9.59 Å². The molecule has 6 rings (SSSR count). The Morgan fingerprint density at radius 3 is 2.45 bits per heavy atom. The molecule has 2 saturated carbocycles. The summed E-state index contributed by atoms with van der Waals surface area (Å²) in [5, 5.41) is 14.8. The fourth-order valence-corrected chi connectivity index (χ4v) is 8.73. The molecule has 0 heterocycles. The van der Waals surface area contributed by atoms with Crippen molar-refractivity contribution in [3.63, 3.8) is 0 Å². The average molecular weight is 634 g/mol. The summed E-state index contributed by atoms with van der Waals surface area (Å²) in [7, 11) is 0. The van der Waals surface area contributed by atoms with Crippen LogP contribution in [0.3, 0.4) is 0 Å². The average Bonchev–Trinajstić information content (AvgIpc) is 3.26. The van der Waals surface area contributed by atoms with Gasteiger partial charge in [0.2, 0.25) is 0 Å². The molecule has 2 unspecified atom stereocenters. The number of carbonyl (C=O) groups excluding carboxylic acids is 2. The lowest BCUT2D eigenvalue weighted by molar-refractivity contribution is -0.362. The molecule has 0 aromatic heterocycles. The first kappa shape index (κ1) is 31.0. The zero-order chi connectivity index (χ0) is 31.7. The molecular weight excluding hydrogens is 601 g/mol. The first-order valence-corrected chi connectivity index (χ1v) is 15.3. The Morgan fingerprint density at radius 2 is 1.77 bits per heavy atom. The second kappa shape index (κ2) is 10.8. The number of nitrogens with one attached hydrogen (secondary N) is 1. The van der Waals surface area contributed by atoms with Crippen molar-refractivity contribution in [2.45, 2.75) is 82.0 Å². The maximum Gasteiger partial charge on any atom is 0.456 e. The molecule has 4 aliphatic carbocycles. The Bertz CT molecular complexity index is 1570. The fraction of sp³-hybridized carbons (Fsp3) is 0.471. The van der Waals surface area contributed by atoms with E-state index in [0.717, 1.165) is 22.3 Å². The highest BCUT2D eigenvalue weighted by Gasteiger charge is 2.79. The van der Waals surface area contributed by atoms with E-state index in [1.54, 1.807) is 48.5 Å². The predicted octanol–water partition coefficient (Wildman–Crippen LogP) is 8.10. The molecule has 1 amide bonds. The zero-order valence-electron chi connectivity index (χ0n) is 24.1. The molecule has 10 heteroatoms. The molecule has 2 aromatic rings. The van der Waals surface area contributed by atoms with Crippen LogP contribution in [0, 0.1) is 17.3 Å². The van der Waals surface area contributed by atoms with Gasteiger partial charge in [0.25, 0.3) is 5.91 Å². The number of hydrogen-bond acceptors (Lipinski definition) is 3. The Labute approximate surface area is 257 Å². The molecule has 0 saturated heterocycles. The van der Waals surface area contributed by atoms with Crippen molar-refractivity contribution >= 4 is 23.3 Å². The SMILES string of the molecule is CC12C[C@H](c3ccc(C(=O)NCc4cccc(Cl)c4)cc3)C3=C4CCC(=O)C=C4CCC3[C@@H]1CC[C@@]2(O)C(F)(F)C(F)(F)F. The van der Waals surface area contributed by atoms with Gasteiger partial charge >= 0.3 is 12.1 Å². The van der Waals surface area contributed by atoms with Gasteiger partial charge in [-0.1, -0.05) is 48.4 Å². The van der Waals surface area contributed by atoms with Crippen molar-refractivity contribution in [1.29, 1.82) is 0 Å². The third kappa shape index (κ3) is 4.82. The lowest BCUT2D eigenvalue weighted by Crippen LogP contribution is -2.65. The summed E-state index contributed by atoms with van der Waals surface area (Å²) in [5.41, 5.74) is -0.264. The molecule has 2 aromatic carbocycles. The molecule has 234 valence electrons. The van der Waals surface area contributed by atoms with Crippen LogP contribution in [-0.4, -0.2) is 34.5 Å². The Balaban J connectivity index is 1.37. The molecular formula is C34H33ClF5NO3. The highest BCUT2D eigenvalue weighted by molar-refractivity contribution is 6.30. The molecule has 44 heavy (non-hydrogen) atoms. The van der Waals surface area contributed by atoms with Crippen LogP contribution in [0.5, 0.6) is 0 Å². The largest absolute Gasteiger partial charge is 0.456 e. The summed E-state index contributed by atoms with van der Waals surface area (Å²) in [4.78, 5) is 25.2. The summed E-state index contributed by atoms with van der Waals surface area (Å²) in [6.07, 6.45) is -3.13. The van der Waals surface area contributed by atoms with Crippen LogP contribution in [0.25, 0.3) is 0 Å². The lowest BCUT2D eigenvalue weighted by atomic mass is 9.50. The van der Waals surface area contributed by atoms with Crippen molar-refractivity contribution in [3.05, 3.63) is 93.0 Å². The Morgan fingerprint density at radius 1 is 1.05 bits per heavy atom. The molecule has 0 aliphatic heterocycles. The standard InChI is InChI=1S/C34H33ClF5NO3/c1-31-17-27(20-5-7-21(8-6-20)30(43)41-18-19-3-2-4-23(35)15-19)29-25-12-10-24(42)16-22(25)9-11-26(29)28(31)13-14-32(31,44)33(36,37)34(38,39)40/h2-8,15-16,26-28,44H,9-14,17-18H2,1H3,(H,41,43)/t26?,27-,28+,31?,32+/m1/s1. The van der Waals surface area contributed by atoms with E-state index < -0.39 is 41.4 Å². The monoisotopic (exact) mass is 633 g/mol. The number of ketones is 1. The number of carbonyl (C=O) groups is 2. The number of hydrogen-bond donors (Lipinski definition) is 2. The van der Waals surface area contributed by atoms with E-state index in [2.05, 4.69) is 5.32 Å². The molecule has 5 atom stereocenters. The topological polar surface area (TPSA) is 66.4 Å². The van der Waals surface area contributed by atoms with E-state index in [9.17, 15) is 27.9 Å². The Hall–Kier alpha value is -3.04. The highest BCUT2D eigenvalue weighted by Crippen LogP contribution is 2.70. The molecule has 2 N–H and O–H groups in total. The number of allylic oxidation sites excluding steroid dienone is 4. The van der Waals surface area contributed by atoms with Crippen LogP contribution >= 0.6 is 11.6 Å². The Kier molecular flexibility index (Phi) is 7.60. The summed E-state index contributed by atoms with van der Waals surface area (Å²) in [5.74, 6) is -7.05. The van der Waals surface area contributed by atoms with Gasteiger partial charge in [0.15, 0.2) is 5.78 Å². The number of fused-ring (bicyclic) bond motifs is 4. The van der Waals surface area contributed by atoms with E-state index in [1.807, 2.05) is 6.07 Å².